The van der Waals surface area contributed by atoms with Gasteiger partial charge in [0.1, 0.15) is 6.10 Å². The van der Waals surface area contributed by atoms with Crippen LogP contribution in [-0.2, 0) is 19.1 Å². The molecule has 136 valence electrons. The van der Waals surface area contributed by atoms with Crippen molar-refractivity contribution in [1.29, 1.82) is 0 Å². The first-order valence-electron chi connectivity index (χ1n) is 9.22. The van der Waals surface area contributed by atoms with Gasteiger partial charge in [0.05, 0.1) is 13.2 Å². The molecule has 1 atom stereocenters. The first kappa shape index (κ1) is 17.6. The number of morpholine rings is 1. The van der Waals surface area contributed by atoms with Crippen LogP contribution in [-0.4, -0.2) is 86.8 Å². The highest BCUT2D eigenvalue weighted by atomic mass is 16.5. The normalized spacial score (nSPS) is 26.5. The van der Waals surface area contributed by atoms with Crippen molar-refractivity contribution >= 4 is 11.8 Å². The molecular formula is C17H29N3O4. The molecule has 3 aliphatic heterocycles. The predicted octanol–water partition coefficient (Wildman–Crippen LogP) is -0.148. The van der Waals surface area contributed by atoms with E-state index in [0.29, 0.717) is 26.2 Å². The van der Waals surface area contributed by atoms with Crippen molar-refractivity contribution in [3.05, 3.63) is 0 Å². The average molecular weight is 339 g/mol. The third-order valence-electron chi connectivity index (χ3n) is 5.21. The molecule has 3 fully saturated rings. The van der Waals surface area contributed by atoms with Crippen molar-refractivity contribution < 1.29 is 19.1 Å². The first-order valence-corrected chi connectivity index (χ1v) is 9.22. The Morgan fingerprint density at radius 1 is 1.00 bits per heavy atom. The van der Waals surface area contributed by atoms with Gasteiger partial charge in [-0.05, 0) is 25.7 Å². The smallest absolute Gasteiger partial charge is 0.251 e. The van der Waals surface area contributed by atoms with Crippen LogP contribution >= 0.6 is 0 Å². The summed E-state index contributed by atoms with van der Waals surface area (Å²) >= 11 is 0. The third-order valence-corrected chi connectivity index (χ3v) is 5.21. The molecule has 3 rings (SSSR count). The van der Waals surface area contributed by atoms with Gasteiger partial charge in [0.25, 0.3) is 5.91 Å². The number of likely N-dealkylation sites (tertiary alicyclic amines) is 1. The molecule has 1 unspecified atom stereocenters. The van der Waals surface area contributed by atoms with E-state index in [9.17, 15) is 9.59 Å². The van der Waals surface area contributed by atoms with E-state index < -0.39 is 0 Å². The molecule has 24 heavy (non-hydrogen) atoms. The van der Waals surface area contributed by atoms with Crippen molar-refractivity contribution in [3.63, 3.8) is 0 Å². The second kappa shape index (κ2) is 8.78. The van der Waals surface area contributed by atoms with Crippen LogP contribution in [0.25, 0.3) is 0 Å². The lowest BCUT2D eigenvalue weighted by molar-refractivity contribution is -0.143. The maximum atomic E-state index is 12.3. The van der Waals surface area contributed by atoms with E-state index in [2.05, 4.69) is 10.2 Å². The Labute approximate surface area is 143 Å². The first-order chi connectivity index (χ1) is 11.7. The van der Waals surface area contributed by atoms with Crippen LogP contribution in [0.2, 0.25) is 0 Å². The van der Waals surface area contributed by atoms with Crippen LogP contribution in [0.3, 0.4) is 0 Å². The number of nitrogens with zero attached hydrogens (tertiary/aromatic N) is 2. The molecule has 0 aromatic rings. The van der Waals surface area contributed by atoms with Gasteiger partial charge in [-0.1, -0.05) is 0 Å². The molecular weight excluding hydrogens is 310 g/mol. The number of hydrogen-bond acceptors (Lipinski definition) is 5. The van der Waals surface area contributed by atoms with Crippen molar-refractivity contribution in [3.8, 4) is 0 Å². The Kier molecular flexibility index (Phi) is 6.45. The minimum atomic E-state index is -0.246. The highest BCUT2D eigenvalue weighted by Gasteiger charge is 2.32. The van der Waals surface area contributed by atoms with E-state index >= 15 is 0 Å². The van der Waals surface area contributed by atoms with Crippen LogP contribution in [0.1, 0.15) is 25.7 Å². The van der Waals surface area contributed by atoms with Gasteiger partial charge in [0.15, 0.2) is 0 Å². The second-order valence-corrected chi connectivity index (χ2v) is 6.85. The summed E-state index contributed by atoms with van der Waals surface area (Å²) in [7, 11) is 0. The molecule has 0 saturated carbocycles. The number of rotatable bonds is 5. The number of ether oxygens (including phenoxy) is 2. The number of carbonyl (C=O) groups is 2. The van der Waals surface area contributed by atoms with Gasteiger partial charge in [-0.15, -0.1) is 0 Å². The quantitative estimate of drug-likeness (QED) is 0.754. The Morgan fingerprint density at radius 3 is 2.42 bits per heavy atom. The van der Waals surface area contributed by atoms with E-state index in [4.69, 9.17) is 9.47 Å². The largest absolute Gasteiger partial charge is 0.379 e. The van der Waals surface area contributed by atoms with Crippen LogP contribution in [0, 0.1) is 5.92 Å². The van der Waals surface area contributed by atoms with Crippen molar-refractivity contribution in [2.45, 2.75) is 31.8 Å². The van der Waals surface area contributed by atoms with Gasteiger partial charge < -0.3 is 19.7 Å². The lowest BCUT2D eigenvalue weighted by Crippen LogP contribution is -2.47. The van der Waals surface area contributed by atoms with E-state index in [1.54, 1.807) is 0 Å². The zero-order valence-electron chi connectivity index (χ0n) is 14.4. The highest BCUT2D eigenvalue weighted by Crippen LogP contribution is 2.21. The number of hydrogen-bond donors (Lipinski definition) is 1. The summed E-state index contributed by atoms with van der Waals surface area (Å²) in [6.07, 6.45) is 3.06. The van der Waals surface area contributed by atoms with Gasteiger partial charge in [-0.3, -0.25) is 14.5 Å². The minimum absolute atomic E-state index is 0.0308. The second-order valence-electron chi connectivity index (χ2n) is 6.85. The summed E-state index contributed by atoms with van der Waals surface area (Å²) in [6, 6.07) is 0. The summed E-state index contributed by atoms with van der Waals surface area (Å²) < 4.78 is 10.8. The van der Waals surface area contributed by atoms with Crippen molar-refractivity contribution in [1.82, 2.24) is 15.1 Å². The predicted molar refractivity (Wildman–Crippen MR) is 88.5 cm³/mol. The van der Waals surface area contributed by atoms with Gasteiger partial charge in [0, 0.05) is 51.8 Å². The zero-order chi connectivity index (χ0) is 16.8. The van der Waals surface area contributed by atoms with E-state index in [1.807, 2.05) is 4.90 Å². The number of nitrogens with one attached hydrogen (secondary N) is 1. The number of amides is 2. The maximum Gasteiger partial charge on any atom is 0.251 e. The molecule has 0 radical (unpaired) electrons. The van der Waals surface area contributed by atoms with Gasteiger partial charge in [-0.25, -0.2) is 0 Å². The summed E-state index contributed by atoms with van der Waals surface area (Å²) in [5.74, 6) is 0.273. The molecule has 0 aliphatic carbocycles. The molecule has 0 bridgehead atoms. The van der Waals surface area contributed by atoms with Gasteiger partial charge >= 0.3 is 0 Å². The summed E-state index contributed by atoms with van der Waals surface area (Å²) in [4.78, 5) is 28.8. The fourth-order valence-electron chi connectivity index (χ4n) is 3.64. The minimum Gasteiger partial charge on any atom is -0.379 e. The van der Waals surface area contributed by atoms with E-state index in [0.717, 1.165) is 58.5 Å². The Bertz CT molecular complexity index is 426. The molecule has 7 nitrogen and oxygen atoms in total. The van der Waals surface area contributed by atoms with Crippen molar-refractivity contribution in [2.75, 3.05) is 59.1 Å². The molecule has 3 aliphatic rings. The highest BCUT2D eigenvalue weighted by molar-refractivity contribution is 5.82. The molecule has 0 spiro atoms. The fourth-order valence-corrected chi connectivity index (χ4v) is 3.64. The average Bonchev–Trinajstić information content (AvgIpc) is 3.17. The summed E-state index contributed by atoms with van der Waals surface area (Å²) in [5, 5.41) is 3.05. The lowest BCUT2D eigenvalue weighted by Gasteiger charge is -2.33. The Hall–Kier alpha value is -1.18. The number of piperidine rings is 1. The Morgan fingerprint density at radius 2 is 1.75 bits per heavy atom. The molecule has 7 heteroatoms. The standard InChI is InChI=1S/C17H29N3O4/c21-16(18-5-8-19-9-12-23-13-10-19)14-3-6-20(7-4-14)17(22)15-2-1-11-24-15/h14-15H,1-13H2,(H,18,21). The van der Waals surface area contributed by atoms with Crippen LogP contribution in [0.15, 0.2) is 0 Å². The van der Waals surface area contributed by atoms with Gasteiger partial charge in [0.2, 0.25) is 5.91 Å². The SMILES string of the molecule is O=C(NCCN1CCOCC1)C1CCN(C(=O)C2CCCO2)CC1. The lowest BCUT2D eigenvalue weighted by atomic mass is 9.95. The molecule has 2 amide bonds. The van der Waals surface area contributed by atoms with Crippen molar-refractivity contribution in [2.24, 2.45) is 5.92 Å². The van der Waals surface area contributed by atoms with E-state index in [1.165, 1.54) is 0 Å². The van der Waals surface area contributed by atoms with Gasteiger partial charge in [-0.2, -0.15) is 0 Å². The fraction of sp³-hybridized carbons (Fsp3) is 0.882. The van der Waals surface area contributed by atoms with Crippen LogP contribution in [0.5, 0.6) is 0 Å². The van der Waals surface area contributed by atoms with Crippen LogP contribution in [0.4, 0.5) is 0 Å². The molecule has 0 aromatic carbocycles. The summed E-state index contributed by atoms with van der Waals surface area (Å²) in [5.41, 5.74) is 0. The topological polar surface area (TPSA) is 71.1 Å². The maximum absolute atomic E-state index is 12.3. The molecule has 1 N–H and O–H groups in total. The molecule has 3 heterocycles. The zero-order valence-corrected chi connectivity index (χ0v) is 14.4. The monoisotopic (exact) mass is 339 g/mol. The molecule has 0 aromatic heterocycles. The third kappa shape index (κ3) is 4.68. The summed E-state index contributed by atoms with van der Waals surface area (Å²) in [6.45, 7) is 7.05. The number of carbonyl (C=O) groups excluding carboxylic acids is 2. The van der Waals surface area contributed by atoms with E-state index in [-0.39, 0.29) is 23.8 Å². The molecule has 3 saturated heterocycles. The Balaban J connectivity index is 1.33. The van der Waals surface area contributed by atoms with Crippen LogP contribution < -0.4 is 5.32 Å².